The van der Waals surface area contributed by atoms with E-state index in [1.807, 2.05) is 0 Å². The fraction of sp³-hybridized carbons (Fsp3) is 0. The van der Waals surface area contributed by atoms with Crippen molar-refractivity contribution >= 4 is 29.2 Å². The first-order valence-electron chi connectivity index (χ1n) is 0.968. The van der Waals surface area contributed by atoms with Crippen LogP contribution in [0.5, 0.6) is 0 Å². The van der Waals surface area contributed by atoms with Crippen LogP contribution in [0.2, 0.25) is 0 Å². The predicted octanol–water partition coefficient (Wildman–Crippen LogP) is 0.931. The Morgan fingerprint density at radius 2 is 2.20 bits per heavy atom. The molecule has 0 aromatic heterocycles. The Morgan fingerprint density at radius 3 is 2.20 bits per heavy atom. The van der Waals surface area contributed by atoms with Crippen LogP contribution in [0.15, 0.2) is 3.68 Å². The average Bonchev–Trinajstić information content (AvgIpc) is 1.38. The van der Waals surface area contributed by atoms with Crippen LogP contribution in [-0.2, 0) is 18.1 Å². The van der Waals surface area contributed by atoms with Crippen LogP contribution >= 0.6 is 24.8 Å². The molecule has 4 heteroatoms. The van der Waals surface area contributed by atoms with Gasteiger partial charge >= 0.3 is 51.0 Å². The first-order chi connectivity index (χ1) is 2.27. The topological polar surface area (TPSA) is 12.4 Å². The zero-order chi connectivity index (χ0) is 4.28. The van der Waals surface area contributed by atoms with Gasteiger partial charge in [-0.1, -0.05) is 0 Å². The molecule has 0 aromatic rings. The molecular formula is CHNS2Zn. The Balaban J connectivity index is 3.20. The van der Waals surface area contributed by atoms with Crippen molar-refractivity contribution in [3.63, 3.8) is 0 Å². The summed E-state index contributed by atoms with van der Waals surface area (Å²) in [5.74, 6) is 0. The van der Waals surface area contributed by atoms with Crippen molar-refractivity contribution in [2.24, 2.45) is 3.68 Å². The molecule has 0 rings (SSSR count). The second kappa shape index (κ2) is 3.07. The second-order valence-corrected chi connectivity index (χ2v) is 2.22. The van der Waals surface area contributed by atoms with Gasteiger partial charge in [-0.2, -0.15) is 0 Å². The Hall–Kier alpha value is 0.863. The predicted molar refractivity (Wildman–Crippen MR) is 24.0 cm³/mol. The molecule has 0 saturated carbocycles. The molecule has 0 aromatic carbocycles. The maximum atomic E-state index is 4.43. The van der Waals surface area contributed by atoms with Crippen LogP contribution in [0.4, 0.5) is 0 Å². The molecule has 0 heterocycles. The monoisotopic (exact) mass is 155 g/mol. The first-order valence-corrected chi connectivity index (χ1v) is 3.15. The maximum absolute atomic E-state index is 4.43. The number of nitrogens with zero attached hydrogens (tertiary/aromatic N) is 1. The summed E-state index contributed by atoms with van der Waals surface area (Å²) >= 11 is 8.98. The third-order valence-corrected chi connectivity index (χ3v) is 2.11. The molecule has 0 aliphatic heterocycles. The fourth-order valence-electron chi connectivity index (χ4n) is 0. The number of thiocarbonyl (C=S) groups is 1. The van der Waals surface area contributed by atoms with E-state index in [9.17, 15) is 0 Å². The Labute approximate surface area is 51.1 Å². The van der Waals surface area contributed by atoms with Gasteiger partial charge < -0.3 is 0 Å². The summed E-state index contributed by atoms with van der Waals surface area (Å²) < 4.78 is 4.07. The van der Waals surface area contributed by atoms with Crippen molar-refractivity contribution in [3.8, 4) is 0 Å². The van der Waals surface area contributed by atoms with Crippen LogP contribution in [0.1, 0.15) is 0 Å². The van der Waals surface area contributed by atoms with Gasteiger partial charge in [0.2, 0.25) is 0 Å². The Kier molecular flexibility index (Phi) is 3.60. The molecular weight excluding hydrogens is 156 g/mol. The fourth-order valence-corrected chi connectivity index (χ4v) is 0. The molecule has 24 valence electrons. The van der Waals surface area contributed by atoms with Crippen molar-refractivity contribution < 1.29 is 18.1 Å². The number of hydrogen-bond donors (Lipinski definition) is 1. The quantitative estimate of drug-likeness (QED) is 0.313. The molecule has 0 N–H and O–H groups in total. The molecule has 1 nitrogen and oxygen atoms in total. The van der Waals surface area contributed by atoms with Crippen LogP contribution in [-0.4, -0.2) is 4.32 Å². The van der Waals surface area contributed by atoms with Crippen molar-refractivity contribution in [2.75, 3.05) is 0 Å². The number of thiol groups is 1. The molecule has 0 aliphatic rings. The summed E-state index contributed by atoms with van der Waals surface area (Å²) in [6.45, 7) is 0. The molecule has 0 atom stereocenters. The minimum atomic E-state index is 0.463. The molecule has 5 heavy (non-hydrogen) atoms. The van der Waals surface area contributed by atoms with E-state index < -0.39 is 0 Å². The molecule has 0 bridgehead atoms. The Morgan fingerprint density at radius 1 is 2.00 bits per heavy atom. The van der Waals surface area contributed by atoms with Gasteiger partial charge in [0, 0.05) is 0 Å². The summed E-state index contributed by atoms with van der Waals surface area (Å²) in [6.07, 6.45) is 0. The van der Waals surface area contributed by atoms with Gasteiger partial charge in [-0.25, -0.2) is 0 Å². The van der Waals surface area contributed by atoms with E-state index in [1.165, 1.54) is 0 Å². The van der Waals surface area contributed by atoms with E-state index in [1.54, 1.807) is 0 Å². The van der Waals surface area contributed by atoms with E-state index in [2.05, 4.69) is 28.5 Å². The van der Waals surface area contributed by atoms with Gasteiger partial charge in [0.15, 0.2) is 0 Å². The third-order valence-electron chi connectivity index (χ3n) is 0.135. The normalized spacial score (nSPS) is 7.00. The first kappa shape index (κ1) is 5.86. The van der Waals surface area contributed by atoms with Gasteiger partial charge in [-0.05, 0) is 0 Å². The zero-order valence-corrected chi connectivity index (χ0v) is 7.19. The van der Waals surface area contributed by atoms with Crippen molar-refractivity contribution in [2.45, 2.75) is 0 Å². The zero-order valence-electron chi connectivity index (χ0n) is 2.51. The van der Waals surface area contributed by atoms with Gasteiger partial charge in [0.05, 0.1) is 0 Å². The SMILES string of the molecule is S=C(S)[N]=[Zn]. The van der Waals surface area contributed by atoms with Crippen LogP contribution in [0.25, 0.3) is 0 Å². The summed E-state index contributed by atoms with van der Waals surface area (Å²) in [6, 6.07) is 0. The van der Waals surface area contributed by atoms with Crippen LogP contribution in [0.3, 0.4) is 0 Å². The van der Waals surface area contributed by atoms with Crippen molar-refractivity contribution in [3.05, 3.63) is 0 Å². The number of hydrogen-bond acceptors (Lipinski definition) is 1. The molecule has 0 unspecified atom stereocenters. The van der Waals surface area contributed by atoms with E-state index in [4.69, 9.17) is 0 Å². The van der Waals surface area contributed by atoms with Gasteiger partial charge in [0.1, 0.15) is 0 Å². The molecule has 0 amide bonds. The Bertz CT molecular complexity index is 60.7. The van der Waals surface area contributed by atoms with E-state index >= 15 is 0 Å². The summed E-state index contributed by atoms with van der Waals surface area (Å²) in [5, 5.41) is 0. The molecule has 0 fully saturated rings. The standard InChI is InChI=1S/CHNS2.Zn/c2-1(3)4;/h(H,3,4);. The molecule has 0 radical (unpaired) electrons. The minimum absolute atomic E-state index is 0.463. The summed E-state index contributed by atoms with van der Waals surface area (Å²) in [7, 11) is 0. The van der Waals surface area contributed by atoms with Gasteiger partial charge in [-0.3, -0.25) is 0 Å². The van der Waals surface area contributed by atoms with Crippen molar-refractivity contribution in [1.82, 2.24) is 0 Å². The van der Waals surface area contributed by atoms with Crippen molar-refractivity contribution in [1.29, 1.82) is 0 Å². The average molecular weight is 157 g/mol. The number of rotatable bonds is 0. The second-order valence-electron chi connectivity index (χ2n) is 0.441. The van der Waals surface area contributed by atoms with Gasteiger partial charge in [0.25, 0.3) is 0 Å². The summed E-state index contributed by atoms with van der Waals surface area (Å²) in [4.78, 5) is 0. The van der Waals surface area contributed by atoms with Gasteiger partial charge in [-0.15, -0.1) is 0 Å². The third kappa shape index (κ3) is 4.86. The van der Waals surface area contributed by atoms with E-state index in [0.29, 0.717) is 4.32 Å². The molecule has 0 saturated heterocycles. The van der Waals surface area contributed by atoms with E-state index in [0.717, 1.165) is 18.1 Å². The molecule has 0 spiro atoms. The molecule has 0 aliphatic carbocycles. The van der Waals surface area contributed by atoms with Crippen LogP contribution in [0, 0.1) is 0 Å². The van der Waals surface area contributed by atoms with E-state index in [-0.39, 0.29) is 0 Å². The van der Waals surface area contributed by atoms with Crippen LogP contribution < -0.4 is 0 Å². The summed E-state index contributed by atoms with van der Waals surface area (Å²) in [5.41, 5.74) is 0.